The normalized spacial score (nSPS) is 14.3. The number of hydrogen-bond donors (Lipinski definition) is 1. The fourth-order valence-electron chi connectivity index (χ4n) is 0.594. The molecule has 0 spiro atoms. The molecular weight excluding hydrogens is 206 g/mol. The van der Waals surface area contributed by atoms with E-state index in [0.717, 1.165) is 12.6 Å². The van der Waals surface area contributed by atoms with Crippen molar-refractivity contribution in [2.75, 3.05) is 0 Å². The monoisotopic (exact) mass is 217 g/mol. The van der Waals surface area contributed by atoms with Gasteiger partial charge in [0.2, 0.25) is 0 Å². The molecule has 0 heterocycles. The van der Waals surface area contributed by atoms with E-state index in [1.165, 1.54) is 6.92 Å². The van der Waals surface area contributed by atoms with E-state index in [1.54, 1.807) is 6.08 Å². The molecule has 0 radical (unpaired) electrons. The van der Waals surface area contributed by atoms with Crippen molar-refractivity contribution >= 4 is 27.9 Å². The molecule has 0 aliphatic rings. The Bertz CT molecular complexity index is 185. The van der Waals surface area contributed by atoms with Gasteiger partial charge in [0.05, 0.1) is 0 Å². The van der Waals surface area contributed by atoms with Crippen LogP contribution in [0.5, 0.6) is 0 Å². The predicted molar refractivity (Wildman–Crippen MR) is 50.6 cm³/mol. The summed E-state index contributed by atoms with van der Waals surface area (Å²) >= 11 is 3.35. The molecule has 0 aliphatic carbocycles. The number of Topliss-reactive ketones (excluding diaryl/α,β-unsaturated/α-hetero) is 1. The summed E-state index contributed by atoms with van der Waals surface area (Å²) in [6, 6.07) is 0. The first kappa shape index (κ1) is 10.6. The molecule has 0 saturated carbocycles. The molecule has 2 nitrogen and oxygen atoms in total. The minimum absolute atomic E-state index is 0.0480. The second-order valence-electron chi connectivity index (χ2n) is 2.38. The summed E-state index contributed by atoms with van der Waals surface area (Å²) < 4.78 is 0. The lowest BCUT2D eigenvalue weighted by Gasteiger charge is -1.97. The van der Waals surface area contributed by atoms with Gasteiger partial charge in [-0.05, 0) is 13.3 Å². The average Bonchev–Trinajstić information content (AvgIpc) is 1.87. The van der Waals surface area contributed by atoms with Gasteiger partial charge in [-0.15, -0.1) is 0 Å². The van der Waals surface area contributed by atoms with E-state index >= 15 is 0 Å². The van der Waals surface area contributed by atoms with Crippen LogP contribution in [0.4, 0.5) is 0 Å². The summed E-state index contributed by atoms with van der Waals surface area (Å²) in [5, 5.41) is 6.91. The third kappa shape index (κ3) is 4.90. The first-order chi connectivity index (χ1) is 5.07. The maximum Gasteiger partial charge on any atom is 0.160 e. The molecule has 0 bridgehead atoms. The van der Waals surface area contributed by atoms with E-state index in [4.69, 9.17) is 5.41 Å². The van der Waals surface area contributed by atoms with Gasteiger partial charge in [0.1, 0.15) is 0 Å². The SMILES string of the molecule is CC(=O)/C(C=N)=C/CC(C)Br. The van der Waals surface area contributed by atoms with Gasteiger partial charge >= 0.3 is 0 Å². The van der Waals surface area contributed by atoms with Crippen LogP contribution in [0.25, 0.3) is 0 Å². The molecule has 0 rings (SSSR count). The number of alkyl halides is 1. The molecule has 0 fully saturated rings. The Balaban J connectivity index is 4.13. The Morgan fingerprint density at radius 2 is 2.27 bits per heavy atom. The Morgan fingerprint density at radius 3 is 2.55 bits per heavy atom. The van der Waals surface area contributed by atoms with E-state index in [9.17, 15) is 4.79 Å². The minimum atomic E-state index is -0.0480. The molecule has 1 atom stereocenters. The van der Waals surface area contributed by atoms with Crippen molar-refractivity contribution < 1.29 is 4.79 Å². The van der Waals surface area contributed by atoms with Crippen molar-refractivity contribution in [1.82, 2.24) is 0 Å². The smallest absolute Gasteiger partial charge is 0.160 e. The summed E-state index contributed by atoms with van der Waals surface area (Å²) in [6.45, 7) is 3.47. The second-order valence-corrected chi connectivity index (χ2v) is 3.94. The first-order valence-corrected chi connectivity index (χ1v) is 4.35. The molecule has 3 heteroatoms. The van der Waals surface area contributed by atoms with Crippen molar-refractivity contribution in [2.24, 2.45) is 0 Å². The molecule has 0 aromatic heterocycles. The van der Waals surface area contributed by atoms with Crippen molar-refractivity contribution in [3.05, 3.63) is 11.6 Å². The summed E-state index contributed by atoms with van der Waals surface area (Å²) in [5.41, 5.74) is 0.483. The highest BCUT2D eigenvalue weighted by Gasteiger charge is 1.99. The zero-order chi connectivity index (χ0) is 8.85. The number of hydrogen-bond acceptors (Lipinski definition) is 2. The minimum Gasteiger partial charge on any atom is -0.308 e. The lowest BCUT2D eigenvalue weighted by Crippen LogP contribution is -1.98. The van der Waals surface area contributed by atoms with Crippen LogP contribution in [-0.2, 0) is 4.79 Å². The van der Waals surface area contributed by atoms with Gasteiger partial charge in [-0.1, -0.05) is 28.9 Å². The maximum atomic E-state index is 10.8. The predicted octanol–water partition coefficient (Wildman–Crippen LogP) is 2.32. The molecule has 11 heavy (non-hydrogen) atoms. The van der Waals surface area contributed by atoms with Crippen LogP contribution in [0.2, 0.25) is 0 Å². The Hall–Kier alpha value is -0.440. The highest BCUT2D eigenvalue weighted by molar-refractivity contribution is 9.09. The quantitative estimate of drug-likeness (QED) is 0.439. The Labute approximate surface area is 75.3 Å². The van der Waals surface area contributed by atoms with Crippen LogP contribution < -0.4 is 0 Å². The molecule has 1 unspecified atom stereocenters. The summed E-state index contributed by atoms with van der Waals surface area (Å²) in [5.74, 6) is -0.0480. The number of halogens is 1. The van der Waals surface area contributed by atoms with E-state index in [1.807, 2.05) is 6.92 Å². The summed E-state index contributed by atoms with van der Waals surface area (Å²) in [7, 11) is 0. The molecule has 0 amide bonds. The van der Waals surface area contributed by atoms with Gasteiger partial charge < -0.3 is 5.41 Å². The molecule has 0 saturated heterocycles. The largest absolute Gasteiger partial charge is 0.308 e. The van der Waals surface area contributed by atoms with Gasteiger partial charge in [0.15, 0.2) is 5.78 Å². The van der Waals surface area contributed by atoms with E-state index < -0.39 is 0 Å². The number of carbonyl (C=O) groups is 1. The molecule has 1 N–H and O–H groups in total. The molecule has 0 aromatic carbocycles. The first-order valence-electron chi connectivity index (χ1n) is 3.43. The average molecular weight is 218 g/mol. The lowest BCUT2D eigenvalue weighted by atomic mass is 10.1. The molecule has 62 valence electrons. The third-order valence-corrected chi connectivity index (χ3v) is 1.60. The summed E-state index contributed by atoms with van der Waals surface area (Å²) in [6.07, 6.45) is 3.65. The van der Waals surface area contributed by atoms with Crippen molar-refractivity contribution in [1.29, 1.82) is 5.41 Å². The second kappa shape index (κ2) is 5.24. The maximum absolute atomic E-state index is 10.8. The van der Waals surface area contributed by atoms with Gasteiger partial charge in [0.25, 0.3) is 0 Å². The molecule has 0 aromatic rings. The number of carbonyl (C=O) groups excluding carboxylic acids is 1. The van der Waals surface area contributed by atoms with E-state index in [-0.39, 0.29) is 5.78 Å². The third-order valence-electron chi connectivity index (χ3n) is 1.22. The number of rotatable bonds is 4. The highest BCUT2D eigenvalue weighted by atomic mass is 79.9. The zero-order valence-electron chi connectivity index (χ0n) is 6.73. The molecule has 0 aliphatic heterocycles. The van der Waals surface area contributed by atoms with Gasteiger partial charge in [-0.2, -0.15) is 0 Å². The fourth-order valence-corrected chi connectivity index (χ4v) is 0.781. The molecular formula is C8H12BrNO. The standard InChI is InChI=1S/C8H12BrNO/c1-6(9)3-4-8(5-10)7(2)11/h4-6,10H,3H2,1-2H3/b8-4+,10-5?. The lowest BCUT2D eigenvalue weighted by molar-refractivity contribution is -0.113. The van der Waals surface area contributed by atoms with Gasteiger partial charge in [0, 0.05) is 16.6 Å². The zero-order valence-corrected chi connectivity index (χ0v) is 8.31. The van der Waals surface area contributed by atoms with Crippen molar-refractivity contribution in [3.8, 4) is 0 Å². The summed E-state index contributed by atoms with van der Waals surface area (Å²) in [4.78, 5) is 11.1. The fraction of sp³-hybridized carbons (Fsp3) is 0.500. The van der Waals surface area contributed by atoms with E-state index in [0.29, 0.717) is 10.4 Å². The van der Waals surface area contributed by atoms with E-state index in [2.05, 4.69) is 15.9 Å². The van der Waals surface area contributed by atoms with Crippen LogP contribution in [0.3, 0.4) is 0 Å². The number of allylic oxidation sites excluding steroid dienone is 2. The van der Waals surface area contributed by atoms with Gasteiger partial charge in [-0.25, -0.2) is 0 Å². The van der Waals surface area contributed by atoms with Crippen LogP contribution >= 0.6 is 15.9 Å². The van der Waals surface area contributed by atoms with Gasteiger partial charge in [-0.3, -0.25) is 4.79 Å². The topological polar surface area (TPSA) is 40.9 Å². The highest BCUT2D eigenvalue weighted by Crippen LogP contribution is 2.06. The van der Waals surface area contributed by atoms with Crippen LogP contribution in [0, 0.1) is 5.41 Å². The van der Waals surface area contributed by atoms with Crippen molar-refractivity contribution in [2.45, 2.75) is 25.1 Å². The van der Waals surface area contributed by atoms with Crippen molar-refractivity contribution in [3.63, 3.8) is 0 Å². The Morgan fingerprint density at radius 1 is 1.73 bits per heavy atom. The van der Waals surface area contributed by atoms with Crippen LogP contribution in [0.15, 0.2) is 11.6 Å². The van der Waals surface area contributed by atoms with Crippen LogP contribution in [0.1, 0.15) is 20.3 Å². The Kier molecular flexibility index (Phi) is 5.03. The number of ketones is 1. The number of nitrogens with one attached hydrogen (secondary N) is 1. The van der Waals surface area contributed by atoms with Crippen LogP contribution in [-0.4, -0.2) is 16.8 Å².